The fourth-order valence-corrected chi connectivity index (χ4v) is 9.73. The first-order valence-electron chi connectivity index (χ1n) is 20.7. The molecule has 0 aromatic heterocycles. The fraction of sp³-hybridized carbons (Fsp3) is 0.0508. The van der Waals surface area contributed by atoms with Gasteiger partial charge in [0.05, 0.1) is 0 Å². The summed E-state index contributed by atoms with van der Waals surface area (Å²) in [5, 5.41) is 5.03. The van der Waals surface area contributed by atoms with E-state index in [4.69, 9.17) is 0 Å². The third-order valence-electron chi connectivity index (χ3n) is 12.6. The van der Waals surface area contributed by atoms with Crippen LogP contribution in [-0.4, -0.2) is 0 Å². The Balaban J connectivity index is 1.29. The quantitative estimate of drug-likeness (QED) is 0.149. The Morgan fingerprint density at radius 3 is 1.00 bits per heavy atom. The Morgan fingerprint density at radius 1 is 0.237 bits per heavy atom. The Kier molecular flexibility index (Phi) is 8.27. The number of fused-ring (bicyclic) bond motifs is 5. The van der Waals surface area contributed by atoms with Crippen molar-refractivity contribution in [2.75, 3.05) is 0 Å². The molecule has 0 heteroatoms. The van der Waals surface area contributed by atoms with Crippen LogP contribution in [0.1, 0.15) is 25.0 Å². The van der Waals surface area contributed by atoms with Crippen LogP contribution in [0.5, 0.6) is 0 Å². The zero-order valence-corrected chi connectivity index (χ0v) is 33.3. The molecule has 0 nitrogen and oxygen atoms in total. The van der Waals surface area contributed by atoms with Gasteiger partial charge in [0.25, 0.3) is 0 Å². The average molecular weight is 751 g/mol. The van der Waals surface area contributed by atoms with Gasteiger partial charge in [-0.15, -0.1) is 0 Å². The molecule has 0 unspecified atom stereocenters. The van der Waals surface area contributed by atoms with Gasteiger partial charge < -0.3 is 0 Å². The van der Waals surface area contributed by atoms with Gasteiger partial charge in [-0.1, -0.05) is 184 Å². The fourth-order valence-electron chi connectivity index (χ4n) is 9.73. The molecule has 0 fully saturated rings. The number of hydrogen-bond donors (Lipinski definition) is 0. The monoisotopic (exact) mass is 750 g/mol. The summed E-state index contributed by atoms with van der Waals surface area (Å²) in [5.74, 6) is 0. The number of rotatable bonds is 6. The van der Waals surface area contributed by atoms with Crippen molar-refractivity contribution in [3.63, 3.8) is 0 Å². The van der Waals surface area contributed by atoms with Crippen LogP contribution in [0.4, 0.5) is 0 Å². The second-order valence-corrected chi connectivity index (χ2v) is 16.5. The van der Waals surface area contributed by atoms with Gasteiger partial charge in [0.1, 0.15) is 0 Å². The molecule has 1 aliphatic rings. The molecule has 0 bridgehead atoms. The second kappa shape index (κ2) is 14.0. The van der Waals surface area contributed by atoms with Crippen LogP contribution in [0.3, 0.4) is 0 Å². The topological polar surface area (TPSA) is 0 Å². The van der Waals surface area contributed by atoms with Crippen LogP contribution in [0, 0.1) is 0 Å². The van der Waals surface area contributed by atoms with Gasteiger partial charge in [-0.3, -0.25) is 0 Å². The van der Waals surface area contributed by atoms with Crippen molar-refractivity contribution in [2.24, 2.45) is 0 Å². The van der Waals surface area contributed by atoms with Crippen LogP contribution in [0.2, 0.25) is 0 Å². The minimum atomic E-state index is -0.155. The summed E-state index contributed by atoms with van der Waals surface area (Å²) in [7, 11) is 0. The average Bonchev–Trinajstić information content (AvgIpc) is 3.53. The van der Waals surface area contributed by atoms with Gasteiger partial charge in [0.2, 0.25) is 0 Å². The zero-order chi connectivity index (χ0) is 39.5. The molecule has 0 atom stereocenters. The Bertz CT molecular complexity index is 3080. The highest BCUT2D eigenvalue weighted by molar-refractivity contribution is 6.23. The number of hydrogen-bond acceptors (Lipinski definition) is 0. The Morgan fingerprint density at radius 2 is 0.576 bits per heavy atom. The third kappa shape index (κ3) is 5.91. The van der Waals surface area contributed by atoms with E-state index < -0.39 is 0 Å². The van der Waals surface area contributed by atoms with Gasteiger partial charge in [0.15, 0.2) is 0 Å². The van der Waals surface area contributed by atoms with E-state index in [1.807, 2.05) is 0 Å². The molecule has 0 aliphatic heterocycles. The summed E-state index contributed by atoms with van der Waals surface area (Å²) in [6, 6.07) is 80.9. The molecule has 0 radical (unpaired) electrons. The van der Waals surface area contributed by atoms with E-state index in [1.165, 1.54) is 111 Å². The molecular formula is C59H42. The minimum Gasteiger partial charge on any atom is -0.0622 e. The van der Waals surface area contributed by atoms with Crippen LogP contribution in [-0.2, 0) is 5.41 Å². The van der Waals surface area contributed by atoms with Crippen molar-refractivity contribution in [3.05, 3.63) is 230 Å². The van der Waals surface area contributed by atoms with Gasteiger partial charge in [-0.05, 0) is 159 Å². The first kappa shape index (κ1) is 34.9. The molecule has 0 amide bonds. The first-order chi connectivity index (χ1) is 29.0. The predicted molar refractivity (Wildman–Crippen MR) is 252 cm³/mol. The summed E-state index contributed by atoms with van der Waals surface area (Å²) in [4.78, 5) is 0. The molecule has 10 aromatic carbocycles. The number of benzene rings is 10. The Labute approximate surface area is 346 Å². The van der Waals surface area contributed by atoms with E-state index in [9.17, 15) is 0 Å². The van der Waals surface area contributed by atoms with Crippen LogP contribution in [0.15, 0.2) is 218 Å². The van der Waals surface area contributed by atoms with E-state index in [0.717, 1.165) is 0 Å². The van der Waals surface area contributed by atoms with E-state index in [-0.39, 0.29) is 5.41 Å². The van der Waals surface area contributed by atoms with E-state index in [2.05, 4.69) is 232 Å². The molecule has 278 valence electrons. The molecule has 59 heavy (non-hydrogen) atoms. The molecule has 0 heterocycles. The Hall–Kier alpha value is -7.28. The SMILES string of the molecule is CC1(C)c2ccccc2-c2cc3c(-c4cc(-c5ccccc5)cc(-c5ccccc5)c4)c4ccccc4c(-c4cc(-c5ccccc5)cc(-c5ccccc5)c4)c3cc21. The minimum absolute atomic E-state index is 0.155. The van der Waals surface area contributed by atoms with Crippen molar-refractivity contribution in [3.8, 4) is 77.9 Å². The summed E-state index contributed by atoms with van der Waals surface area (Å²) < 4.78 is 0. The smallest absolute Gasteiger partial charge is 0.0159 e. The zero-order valence-electron chi connectivity index (χ0n) is 33.3. The standard InChI is InChI=1S/C59H42/c1-59(2)55-30-18-17-27-49(55)52-37-53-54(38-56(52)59)58(48-35-45(41-23-11-5-12-24-41)32-46(36-48)42-25-13-6-14-26-42)51-29-16-15-28-50(51)57(53)47-33-43(39-19-7-3-8-20-39)31-44(34-47)40-21-9-4-10-22-40/h3-38H,1-2H3. The highest BCUT2D eigenvalue weighted by atomic mass is 14.4. The van der Waals surface area contributed by atoms with Crippen LogP contribution < -0.4 is 0 Å². The molecule has 0 saturated carbocycles. The molecular weight excluding hydrogens is 709 g/mol. The van der Waals surface area contributed by atoms with Gasteiger partial charge in [0, 0.05) is 5.41 Å². The van der Waals surface area contributed by atoms with Gasteiger partial charge >= 0.3 is 0 Å². The summed E-state index contributed by atoms with van der Waals surface area (Å²) >= 11 is 0. The molecule has 0 spiro atoms. The van der Waals surface area contributed by atoms with Crippen molar-refractivity contribution >= 4 is 21.5 Å². The van der Waals surface area contributed by atoms with Crippen molar-refractivity contribution in [2.45, 2.75) is 19.3 Å². The lowest BCUT2D eigenvalue weighted by atomic mass is 9.79. The largest absolute Gasteiger partial charge is 0.0622 e. The maximum absolute atomic E-state index is 2.55. The van der Waals surface area contributed by atoms with E-state index >= 15 is 0 Å². The molecule has 0 saturated heterocycles. The second-order valence-electron chi connectivity index (χ2n) is 16.5. The van der Waals surface area contributed by atoms with Crippen LogP contribution in [0.25, 0.3) is 99.4 Å². The maximum atomic E-state index is 2.55. The van der Waals surface area contributed by atoms with Crippen LogP contribution >= 0.6 is 0 Å². The molecule has 10 aromatic rings. The molecule has 11 rings (SSSR count). The molecule has 0 N–H and O–H groups in total. The van der Waals surface area contributed by atoms with E-state index in [1.54, 1.807) is 0 Å². The highest BCUT2D eigenvalue weighted by Crippen LogP contribution is 2.54. The van der Waals surface area contributed by atoms with E-state index in [0.29, 0.717) is 0 Å². The first-order valence-corrected chi connectivity index (χ1v) is 20.7. The van der Waals surface area contributed by atoms with Crippen molar-refractivity contribution in [1.29, 1.82) is 0 Å². The molecule has 1 aliphatic carbocycles. The van der Waals surface area contributed by atoms with Crippen molar-refractivity contribution in [1.82, 2.24) is 0 Å². The lowest BCUT2D eigenvalue weighted by Gasteiger charge is -2.24. The highest BCUT2D eigenvalue weighted by Gasteiger charge is 2.36. The lowest BCUT2D eigenvalue weighted by Crippen LogP contribution is -2.14. The summed E-state index contributed by atoms with van der Waals surface area (Å²) in [6.07, 6.45) is 0. The van der Waals surface area contributed by atoms with Gasteiger partial charge in [-0.25, -0.2) is 0 Å². The van der Waals surface area contributed by atoms with Crippen molar-refractivity contribution < 1.29 is 0 Å². The normalized spacial score (nSPS) is 12.7. The summed E-state index contributed by atoms with van der Waals surface area (Å²) in [5.41, 5.74) is 19.9. The lowest BCUT2D eigenvalue weighted by molar-refractivity contribution is 0.661. The predicted octanol–water partition coefficient (Wildman–Crippen LogP) is 16.3. The summed E-state index contributed by atoms with van der Waals surface area (Å²) in [6.45, 7) is 4.79. The third-order valence-corrected chi connectivity index (χ3v) is 12.6. The maximum Gasteiger partial charge on any atom is 0.0159 e. The van der Waals surface area contributed by atoms with Gasteiger partial charge in [-0.2, -0.15) is 0 Å².